The molecule has 0 bridgehead atoms. The predicted octanol–water partition coefficient (Wildman–Crippen LogP) is 6.56. The number of fused-ring (bicyclic) bond motifs is 5. The lowest BCUT2D eigenvalue weighted by Crippen LogP contribution is -2.34. The van der Waals surface area contributed by atoms with E-state index in [9.17, 15) is 0 Å². The number of nitrogens with zero attached hydrogens (tertiary/aromatic N) is 1. The molecule has 0 saturated heterocycles. The van der Waals surface area contributed by atoms with E-state index >= 15 is 0 Å². The van der Waals surface area contributed by atoms with E-state index in [1.165, 1.54) is 42.1 Å². The molecule has 0 aliphatic heterocycles. The van der Waals surface area contributed by atoms with E-state index < -0.39 is 0 Å². The van der Waals surface area contributed by atoms with Gasteiger partial charge in [-0.1, -0.05) is 68.3 Å². The van der Waals surface area contributed by atoms with Gasteiger partial charge in [0.2, 0.25) is 0 Å². The Morgan fingerprint density at radius 2 is 1.81 bits per heavy atom. The molecule has 0 spiro atoms. The fraction of sp³-hybridized carbons (Fsp3) is 0.417. The number of hydrogen-bond acceptors (Lipinski definition) is 1. The van der Waals surface area contributed by atoms with Gasteiger partial charge in [-0.05, 0) is 42.2 Å². The number of benzene rings is 2. The molecule has 0 N–H and O–H groups in total. The van der Waals surface area contributed by atoms with Crippen LogP contribution in [0.5, 0.6) is 0 Å². The highest BCUT2D eigenvalue weighted by Crippen LogP contribution is 2.62. The molecule has 1 nitrogen and oxygen atoms in total. The van der Waals surface area contributed by atoms with E-state index in [1.807, 2.05) is 0 Å². The van der Waals surface area contributed by atoms with Gasteiger partial charge in [-0.2, -0.15) is 11.8 Å². The molecule has 1 aromatic heterocycles. The third-order valence-corrected chi connectivity index (χ3v) is 7.99. The number of rotatable bonds is 3. The molecule has 0 unspecified atom stereocenters. The van der Waals surface area contributed by atoms with Crippen molar-refractivity contribution >= 4 is 22.7 Å². The minimum absolute atomic E-state index is 0.328. The maximum atomic E-state index is 2.66. The minimum Gasteiger partial charge on any atom is -0.339 e. The summed E-state index contributed by atoms with van der Waals surface area (Å²) in [6.07, 6.45) is 7.82. The summed E-state index contributed by atoms with van der Waals surface area (Å²) in [5.41, 5.74) is 6.45. The highest BCUT2D eigenvalue weighted by Gasteiger charge is 2.52. The number of hydrogen-bond donors (Lipinski definition) is 0. The number of para-hydroxylation sites is 1. The molecule has 1 heterocycles. The topological polar surface area (TPSA) is 4.93 Å². The molecule has 2 heteroatoms. The summed E-state index contributed by atoms with van der Waals surface area (Å²) in [6.45, 7) is 3.55. The summed E-state index contributed by atoms with van der Waals surface area (Å²) in [7, 11) is 0. The Balaban J connectivity index is 1.77. The monoisotopic (exact) mass is 361 g/mol. The molecule has 2 aromatic carbocycles. The molecule has 3 atom stereocenters. The van der Waals surface area contributed by atoms with Crippen LogP contribution in [0.3, 0.4) is 0 Å². The van der Waals surface area contributed by atoms with E-state index in [0.29, 0.717) is 10.7 Å². The molecule has 0 amide bonds. The third kappa shape index (κ3) is 2.24. The van der Waals surface area contributed by atoms with Gasteiger partial charge in [0.25, 0.3) is 0 Å². The van der Waals surface area contributed by atoms with Crippen molar-refractivity contribution in [3.8, 4) is 0 Å². The van der Waals surface area contributed by atoms with Gasteiger partial charge in [0.05, 0.1) is 0 Å². The Morgan fingerprint density at radius 1 is 1.04 bits per heavy atom. The van der Waals surface area contributed by atoms with Crippen molar-refractivity contribution in [2.45, 2.75) is 49.8 Å². The Hall–Kier alpha value is -1.67. The van der Waals surface area contributed by atoms with E-state index in [4.69, 9.17) is 0 Å². The Labute approximate surface area is 160 Å². The summed E-state index contributed by atoms with van der Waals surface area (Å²) >= 11 is 2.08. The highest BCUT2D eigenvalue weighted by atomic mass is 32.2. The number of aromatic nitrogens is 1. The molecular weight excluding hydrogens is 334 g/mol. The van der Waals surface area contributed by atoms with Gasteiger partial charge >= 0.3 is 0 Å². The first-order chi connectivity index (χ1) is 12.7. The molecule has 3 aromatic rings. The summed E-state index contributed by atoms with van der Waals surface area (Å²) in [6, 6.07) is 20.1. The van der Waals surface area contributed by atoms with Gasteiger partial charge in [-0.15, -0.1) is 0 Å². The van der Waals surface area contributed by atoms with Crippen LogP contribution in [-0.2, 0) is 12.0 Å². The Morgan fingerprint density at radius 3 is 2.62 bits per heavy atom. The zero-order chi connectivity index (χ0) is 17.7. The van der Waals surface area contributed by atoms with Crippen LogP contribution in [0.15, 0.2) is 54.6 Å². The second kappa shape index (κ2) is 6.20. The first-order valence-corrected chi connectivity index (χ1v) is 11.2. The van der Waals surface area contributed by atoms with Gasteiger partial charge in [0.15, 0.2) is 0 Å². The lowest BCUT2D eigenvalue weighted by atomic mass is 9.68. The van der Waals surface area contributed by atoms with Crippen molar-refractivity contribution in [1.82, 2.24) is 4.57 Å². The van der Waals surface area contributed by atoms with Crippen molar-refractivity contribution < 1.29 is 0 Å². The quantitative estimate of drug-likeness (QED) is 0.512. The molecule has 1 fully saturated rings. The van der Waals surface area contributed by atoms with Crippen molar-refractivity contribution in [3.63, 3.8) is 0 Å². The highest BCUT2D eigenvalue weighted by molar-refractivity contribution is 7.98. The minimum atomic E-state index is 0.328. The molecular formula is C24H27NS. The molecule has 1 saturated carbocycles. The maximum Gasteiger partial charge on any atom is 0.0489 e. The Bertz CT molecular complexity index is 942. The van der Waals surface area contributed by atoms with Crippen LogP contribution in [-0.4, -0.2) is 10.8 Å². The average Bonchev–Trinajstić information content (AvgIpc) is 3.14. The van der Waals surface area contributed by atoms with Crippen LogP contribution < -0.4 is 0 Å². The van der Waals surface area contributed by atoms with Crippen LogP contribution >= 0.6 is 11.8 Å². The van der Waals surface area contributed by atoms with Crippen molar-refractivity contribution in [3.05, 3.63) is 71.4 Å². The largest absolute Gasteiger partial charge is 0.339 e. The van der Waals surface area contributed by atoms with Crippen LogP contribution in [0.25, 0.3) is 10.9 Å². The smallest absolute Gasteiger partial charge is 0.0489 e. The van der Waals surface area contributed by atoms with Crippen LogP contribution in [0.2, 0.25) is 0 Å². The Kier molecular flexibility index (Phi) is 3.93. The number of thioether (sulfide) groups is 1. The predicted molar refractivity (Wildman–Crippen MR) is 113 cm³/mol. The standard InChI is InChI=1S/C24H27NS/c1-24-15-9-8-13-19(24)22(26-2)21-18-12-6-7-14-20(18)25(23(21)24)16-17-10-4-3-5-11-17/h3-7,10-12,14,19,22H,8-9,13,15-16H2,1-2H3/t19-,22+,24-/m1/s1. The zero-order valence-electron chi connectivity index (χ0n) is 15.7. The van der Waals surface area contributed by atoms with Crippen LogP contribution in [0.1, 0.15) is 54.7 Å². The summed E-state index contributed by atoms with van der Waals surface area (Å²) in [5, 5.41) is 2.14. The van der Waals surface area contributed by atoms with Crippen molar-refractivity contribution in [1.29, 1.82) is 0 Å². The SMILES string of the molecule is CS[C@@H]1c2c(n(Cc3ccccc3)c3ccccc23)[C@]2(C)CCCC[C@H]12. The fourth-order valence-electron chi connectivity index (χ4n) is 5.79. The second-order valence-corrected chi connectivity index (χ2v) is 9.26. The van der Waals surface area contributed by atoms with Gasteiger partial charge < -0.3 is 4.57 Å². The lowest BCUT2D eigenvalue weighted by Gasteiger charge is -2.39. The van der Waals surface area contributed by atoms with Gasteiger partial charge in [-0.3, -0.25) is 0 Å². The third-order valence-electron chi connectivity index (χ3n) is 6.92. The second-order valence-electron chi connectivity index (χ2n) is 8.28. The van der Waals surface area contributed by atoms with E-state index in [2.05, 4.69) is 84.1 Å². The molecule has 134 valence electrons. The molecule has 26 heavy (non-hydrogen) atoms. The van der Waals surface area contributed by atoms with E-state index in [1.54, 1.807) is 11.3 Å². The van der Waals surface area contributed by atoms with Crippen molar-refractivity contribution in [2.75, 3.05) is 6.26 Å². The molecule has 2 aliphatic carbocycles. The van der Waals surface area contributed by atoms with Crippen LogP contribution in [0, 0.1) is 5.92 Å². The normalized spacial score (nSPS) is 27.5. The summed E-state index contributed by atoms with van der Waals surface area (Å²) < 4.78 is 2.66. The molecule has 2 aliphatic rings. The zero-order valence-corrected chi connectivity index (χ0v) is 16.6. The van der Waals surface area contributed by atoms with Gasteiger partial charge in [0, 0.05) is 33.8 Å². The van der Waals surface area contributed by atoms with E-state index in [-0.39, 0.29) is 0 Å². The van der Waals surface area contributed by atoms with Gasteiger partial charge in [-0.25, -0.2) is 0 Å². The first kappa shape index (κ1) is 16.5. The van der Waals surface area contributed by atoms with E-state index in [0.717, 1.165) is 12.5 Å². The molecule has 0 radical (unpaired) electrons. The maximum absolute atomic E-state index is 2.66. The average molecular weight is 362 g/mol. The summed E-state index contributed by atoms with van der Waals surface area (Å²) in [5.74, 6) is 0.794. The summed E-state index contributed by atoms with van der Waals surface area (Å²) in [4.78, 5) is 0. The lowest BCUT2D eigenvalue weighted by molar-refractivity contribution is 0.214. The van der Waals surface area contributed by atoms with Crippen molar-refractivity contribution in [2.24, 2.45) is 5.92 Å². The van der Waals surface area contributed by atoms with Gasteiger partial charge in [0.1, 0.15) is 0 Å². The first-order valence-electron chi connectivity index (χ1n) is 9.92. The fourth-order valence-corrected chi connectivity index (χ4v) is 7.03. The molecule has 5 rings (SSSR count). The van der Waals surface area contributed by atoms with Crippen LogP contribution in [0.4, 0.5) is 0 Å².